The van der Waals surface area contributed by atoms with Gasteiger partial charge in [0.25, 0.3) is 0 Å². The second-order valence-electron chi connectivity index (χ2n) is 8.72. The fraction of sp³-hybridized carbons (Fsp3) is 0.400. The number of methoxy groups -OCH3 is 1. The largest absolute Gasteiger partial charge is 0.497 e. The lowest BCUT2D eigenvalue weighted by Crippen LogP contribution is -2.41. The van der Waals surface area contributed by atoms with Crippen LogP contribution in [-0.2, 0) is 14.0 Å². The highest BCUT2D eigenvalue weighted by atomic mass is 28.4. The van der Waals surface area contributed by atoms with Crippen molar-refractivity contribution in [1.82, 2.24) is 0 Å². The molecule has 0 spiro atoms. The van der Waals surface area contributed by atoms with Gasteiger partial charge < -0.3 is 13.9 Å². The van der Waals surface area contributed by atoms with Gasteiger partial charge in [-0.2, -0.15) is 0 Å². The number of carbonyl (C=O) groups excluding carboxylic acids is 1. The van der Waals surface area contributed by atoms with Crippen LogP contribution >= 0.6 is 0 Å². The van der Waals surface area contributed by atoms with Gasteiger partial charge in [0, 0.05) is 0 Å². The number of hydrogen-bond acceptors (Lipinski definition) is 4. The van der Waals surface area contributed by atoms with Crippen molar-refractivity contribution in [2.75, 3.05) is 20.3 Å². The molecule has 0 radical (unpaired) electrons. The zero-order valence-electron chi connectivity index (χ0n) is 19.2. The summed E-state index contributed by atoms with van der Waals surface area (Å²) in [5.41, 5.74) is 3.11. The summed E-state index contributed by atoms with van der Waals surface area (Å²) in [5.74, 6) is 0.390. The van der Waals surface area contributed by atoms with Crippen LogP contribution in [0.1, 0.15) is 38.8 Å². The first-order chi connectivity index (χ1) is 14.1. The van der Waals surface area contributed by atoms with Crippen LogP contribution in [0.15, 0.2) is 54.6 Å². The molecule has 0 amide bonds. The van der Waals surface area contributed by atoms with Gasteiger partial charge >= 0.3 is 5.97 Å². The average Bonchev–Trinajstić information content (AvgIpc) is 2.71. The van der Waals surface area contributed by atoms with Gasteiger partial charge in [0.1, 0.15) is 5.75 Å². The van der Waals surface area contributed by atoms with E-state index in [1.807, 2.05) is 61.5 Å². The van der Waals surface area contributed by atoms with Crippen molar-refractivity contribution >= 4 is 25.4 Å². The number of rotatable bonds is 8. The topological polar surface area (TPSA) is 44.8 Å². The Hall–Kier alpha value is -2.37. The average molecular weight is 427 g/mol. The number of carbonyl (C=O) groups is 1. The predicted molar refractivity (Wildman–Crippen MR) is 126 cm³/mol. The van der Waals surface area contributed by atoms with Crippen molar-refractivity contribution < 1.29 is 18.7 Å². The molecule has 0 fully saturated rings. The highest BCUT2D eigenvalue weighted by Gasteiger charge is 2.37. The second kappa shape index (κ2) is 10.1. The summed E-state index contributed by atoms with van der Waals surface area (Å²) in [4.78, 5) is 13.1. The quantitative estimate of drug-likeness (QED) is 0.218. The highest BCUT2D eigenvalue weighted by Crippen LogP contribution is 2.38. The van der Waals surface area contributed by atoms with Crippen molar-refractivity contribution in [3.8, 4) is 5.75 Å². The first-order valence-electron chi connectivity index (χ1n) is 10.3. The predicted octanol–water partition coefficient (Wildman–Crippen LogP) is 6.19. The molecule has 0 aromatic heterocycles. The standard InChI is InChI=1S/C25H34O4Si/c1-8-28-24(26)23(20-14-16-21(27-5)17-15-20)22(19-12-10-9-11-13-19)18-29-30(6,7)25(2,3)4/h9-17H,8,18H2,1-7H3/b23-22-. The van der Waals surface area contributed by atoms with Gasteiger partial charge in [-0.25, -0.2) is 4.79 Å². The molecule has 0 aliphatic rings. The molecule has 0 saturated carbocycles. The van der Waals surface area contributed by atoms with E-state index in [2.05, 4.69) is 33.9 Å². The van der Waals surface area contributed by atoms with E-state index in [0.717, 1.165) is 22.4 Å². The summed E-state index contributed by atoms with van der Waals surface area (Å²) in [6, 6.07) is 17.4. The Morgan fingerprint density at radius 2 is 1.53 bits per heavy atom. The van der Waals surface area contributed by atoms with E-state index in [-0.39, 0.29) is 11.0 Å². The van der Waals surface area contributed by atoms with E-state index >= 15 is 0 Å². The molecule has 0 saturated heterocycles. The van der Waals surface area contributed by atoms with Crippen LogP contribution in [0.2, 0.25) is 18.1 Å². The lowest BCUT2D eigenvalue weighted by molar-refractivity contribution is -0.136. The fourth-order valence-electron chi connectivity index (χ4n) is 2.78. The Morgan fingerprint density at radius 1 is 0.933 bits per heavy atom. The van der Waals surface area contributed by atoms with E-state index in [0.29, 0.717) is 18.8 Å². The Labute approximate surface area is 182 Å². The minimum absolute atomic E-state index is 0.0685. The Kier molecular flexibility index (Phi) is 8.04. The minimum Gasteiger partial charge on any atom is -0.497 e. The number of hydrogen-bond donors (Lipinski definition) is 0. The lowest BCUT2D eigenvalue weighted by Gasteiger charge is -2.36. The molecule has 0 bridgehead atoms. The van der Waals surface area contributed by atoms with Crippen LogP contribution in [0.25, 0.3) is 11.1 Å². The van der Waals surface area contributed by atoms with Crippen molar-refractivity contribution in [2.24, 2.45) is 0 Å². The Morgan fingerprint density at radius 3 is 2.03 bits per heavy atom. The first kappa shape index (κ1) is 23.9. The van der Waals surface area contributed by atoms with Gasteiger partial charge in [0.15, 0.2) is 8.32 Å². The molecule has 2 rings (SSSR count). The van der Waals surface area contributed by atoms with Crippen LogP contribution in [-0.4, -0.2) is 34.6 Å². The summed E-state index contributed by atoms with van der Waals surface area (Å²) in [6.07, 6.45) is 0. The Balaban J connectivity index is 2.63. The van der Waals surface area contributed by atoms with Gasteiger partial charge in [-0.15, -0.1) is 0 Å². The monoisotopic (exact) mass is 426 g/mol. The van der Waals surface area contributed by atoms with Gasteiger partial charge in [-0.3, -0.25) is 0 Å². The van der Waals surface area contributed by atoms with E-state index in [1.165, 1.54) is 0 Å². The van der Waals surface area contributed by atoms with Gasteiger partial charge in [-0.1, -0.05) is 63.2 Å². The maximum absolute atomic E-state index is 13.1. The SMILES string of the molecule is CCOC(=O)/C(=C(/CO[Si](C)(C)C(C)(C)C)c1ccccc1)c1ccc(OC)cc1. The smallest absolute Gasteiger partial charge is 0.339 e. The summed E-state index contributed by atoms with van der Waals surface area (Å²) in [5, 5.41) is 0.0685. The molecule has 0 aliphatic carbocycles. The summed E-state index contributed by atoms with van der Waals surface area (Å²) in [6.45, 7) is 13.5. The highest BCUT2D eigenvalue weighted by molar-refractivity contribution is 6.74. The third kappa shape index (κ3) is 5.83. The third-order valence-electron chi connectivity index (χ3n) is 5.67. The van der Waals surface area contributed by atoms with Crippen molar-refractivity contribution in [3.63, 3.8) is 0 Å². The van der Waals surface area contributed by atoms with Crippen LogP contribution in [0, 0.1) is 0 Å². The molecule has 4 nitrogen and oxygen atoms in total. The zero-order chi connectivity index (χ0) is 22.4. The van der Waals surface area contributed by atoms with Gasteiger partial charge in [-0.05, 0) is 53.9 Å². The molecule has 0 aliphatic heterocycles. The van der Waals surface area contributed by atoms with Crippen LogP contribution in [0.5, 0.6) is 5.75 Å². The molecule has 2 aromatic rings. The fourth-order valence-corrected chi connectivity index (χ4v) is 3.72. The molecule has 0 N–H and O–H groups in total. The first-order valence-corrected chi connectivity index (χ1v) is 13.3. The number of ether oxygens (including phenoxy) is 2. The summed E-state index contributed by atoms with van der Waals surface area (Å²) in [7, 11) is -0.397. The zero-order valence-corrected chi connectivity index (χ0v) is 20.2. The summed E-state index contributed by atoms with van der Waals surface area (Å²) >= 11 is 0. The summed E-state index contributed by atoms with van der Waals surface area (Å²) < 4.78 is 17.3. The van der Waals surface area contributed by atoms with E-state index in [4.69, 9.17) is 13.9 Å². The van der Waals surface area contributed by atoms with Crippen molar-refractivity contribution in [2.45, 2.75) is 45.8 Å². The van der Waals surface area contributed by atoms with E-state index in [1.54, 1.807) is 7.11 Å². The van der Waals surface area contributed by atoms with Crippen molar-refractivity contribution in [3.05, 3.63) is 65.7 Å². The maximum atomic E-state index is 13.1. The molecule has 0 atom stereocenters. The molecule has 5 heteroatoms. The van der Waals surface area contributed by atoms with Gasteiger partial charge in [0.2, 0.25) is 0 Å². The molecule has 0 unspecified atom stereocenters. The number of benzene rings is 2. The van der Waals surface area contributed by atoms with Crippen LogP contribution in [0.3, 0.4) is 0 Å². The molecule has 0 heterocycles. The van der Waals surface area contributed by atoms with Crippen LogP contribution in [0.4, 0.5) is 0 Å². The second-order valence-corrected chi connectivity index (χ2v) is 13.5. The molecule has 2 aromatic carbocycles. The Bertz CT molecular complexity index is 862. The minimum atomic E-state index is -2.02. The molecule has 30 heavy (non-hydrogen) atoms. The van der Waals surface area contributed by atoms with Crippen LogP contribution < -0.4 is 4.74 Å². The van der Waals surface area contributed by atoms with Gasteiger partial charge in [0.05, 0.1) is 25.9 Å². The lowest BCUT2D eigenvalue weighted by atomic mass is 9.95. The third-order valence-corrected chi connectivity index (χ3v) is 10.1. The van der Waals surface area contributed by atoms with Crippen molar-refractivity contribution in [1.29, 1.82) is 0 Å². The molecular weight excluding hydrogens is 392 g/mol. The van der Waals surface area contributed by atoms with E-state index < -0.39 is 8.32 Å². The maximum Gasteiger partial charge on any atom is 0.339 e. The van der Waals surface area contributed by atoms with E-state index in [9.17, 15) is 4.79 Å². The normalized spacial score (nSPS) is 12.9. The molecule has 162 valence electrons. The molecular formula is C25H34O4Si. The number of esters is 1.